The Morgan fingerprint density at radius 2 is 1.89 bits per heavy atom. The molecule has 0 aliphatic heterocycles. The Hall–Kier alpha value is -1.61. The van der Waals surface area contributed by atoms with Gasteiger partial charge in [0.15, 0.2) is 5.82 Å². The highest BCUT2D eigenvalue weighted by Gasteiger charge is 2.09. The minimum absolute atomic E-state index is 0.0742. The molecule has 18 heavy (non-hydrogen) atoms. The van der Waals surface area contributed by atoms with Crippen molar-refractivity contribution in [2.45, 2.75) is 19.2 Å². The van der Waals surface area contributed by atoms with Crippen LogP contribution < -0.4 is 4.74 Å². The van der Waals surface area contributed by atoms with Crippen LogP contribution in [0.1, 0.15) is 23.6 Å². The number of hydrogen-bond donors (Lipinski definition) is 0. The molecule has 94 valence electrons. The summed E-state index contributed by atoms with van der Waals surface area (Å²) in [6.07, 6.45) is 1.79. The molecule has 1 unspecified atom stereocenters. The first-order chi connectivity index (χ1) is 8.61. The van der Waals surface area contributed by atoms with Crippen molar-refractivity contribution in [1.29, 1.82) is 0 Å². The van der Waals surface area contributed by atoms with E-state index in [1.165, 1.54) is 0 Å². The van der Waals surface area contributed by atoms with Gasteiger partial charge in [-0.15, -0.1) is 11.6 Å². The fourth-order valence-electron chi connectivity index (χ4n) is 1.75. The summed E-state index contributed by atoms with van der Waals surface area (Å²) >= 11 is 6.05. The first-order valence-corrected chi connectivity index (χ1v) is 6.17. The van der Waals surface area contributed by atoms with Crippen molar-refractivity contribution < 1.29 is 4.74 Å². The van der Waals surface area contributed by atoms with Crippen molar-refractivity contribution in [2.75, 3.05) is 7.11 Å². The number of alkyl halides is 1. The average Bonchev–Trinajstić information content (AvgIpc) is 2.38. The van der Waals surface area contributed by atoms with Gasteiger partial charge < -0.3 is 4.74 Å². The maximum absolute atomic E-state index is 6.05. The molecule has 0 spiro atoms. The molecule has 1 aromatic heterocycles. The van der Waals surface area contributed by atoms with Gasteiger partial charge in [-0.2, -0.15) is 0 Å². The largest absolute Gasteiger partial charge is 0.497 e. The zero-order valence-corrected chi connectivity index (χ0v) is 11.4. The quantitative estimate of drug-likeness (QED) is 0.790. The Balaban J connectivity index is 2.36. The lowest BCUT2D eigenvalue weighted by atomic mass is 10.1. The SMILES string of the molecule is COc1ccc(-c2ncc(C(C)Cl)c(C)n2)cc1. The lowest BCUT2D eigenvalue weighted by Crippen LogP contribution is -1.98. The lowest BCUT2D eigenvalue weighted by Gasteiger charge is -2.08. The van der Waals surface area contributed by atoms with E-state index in [0.29, 0.717) is 5.82 Å². The number of aromatic nitrogens is 2. The van der Waals surface area contributed by atoms with E-state index in [0.717, 1.165) is 22.6 Å². The lowest BCUT2D eigenvalue weighted by molar-refractivity contribution is 0.415. The highest BCUT2D eigenvalue weighted by atomic mass is 35.5. The normalized spacial score (nSPS) is 12.2. The van der Waals surface area contributed by atoms with Gasteiger partial charge in [0.05, 0.1) is 12.5 Å². The maximum atomic E-state index is 6.05. The molecule has 0 amide bonds. The standard InChI is InChI=1S/C14H15ClN2O/c1-9(15)13-8-16-14(17-10(13)2)11-4-6-12(18-3)7-5-11/h4-9H,1-3H3. The van der Waals surface area contributed by atoms with Crippen LogP contribution in [0.15, 0.2) is 30.5 Å². The number of ether oxygens (including phenoxy) is 1. The van der Waals surface area contributed by atoms with E-state index in [2.05, 4.69) is 9.97 Å². The van der Waals surface area contributed by atoms with E-state index >= 15 is 0 Å². The van der Waals surface area contributed by atoms with Gasteiger partial charge in [0.1, 0.15) is 5.75 Å². The second-order valence-electron chi connectivity index (χ2n) is 4.08. The van der Waals surface area contributed by atoms with Crippen LogP contribution >= 0.6 is 11.6 Å². The van der Waals surface area contributed by atoms with Crippen molar-refractivity contribution in [1.82, 2.24) is 9.97 Å². The Morgan fingerprint density at radius 1 is 1.22 bits per heavy atom. The van der Waals surface area contributed by atoms with E-state index < -0.39 is 0 Å². The van der Waals surface area contributed by atoms with Crippen molar-refractivity contribution >= 4 is 11.6 Å². The van der Waals surface area contributed by atoms with E-state index in [1.54, 1.807) is 13.3 Å². The highest BCUT2D eigenvalue weighted by molar-refractivity contribution is 6.20. The van der Waals surface area contributed by atoms with Crippen molar-refractivity contribution in [3.63, 3.8) is 0 Å². The number of rotatable bonds is 3. The van der Waals surface area contributed by atoms with Gasteiger partial charge in [0, 0.05) is 23.0 Å². The number of aryl methyl sites for hydroxylation is 1. The maximum Gasteiger partial charge on any atom is 0.159 e. The van der Waals surface area contributed by atoms with Gasteiger partial charge in [-0.05, 0) is 38.1 Å². The van der Waals surface area contributed by atoms with Crippen LogP contribution in [-0.2, 0) is 0 Å². The van der Waals surface area contributed by atoms with Crippen molar-refractivity contribution in [3.8, 4) is 17.1 Å². The first-order valence-electron chi connectivity index (χ1n) is 5.74. The van der Waals surface area contributed by atoms with Crippen LogP contribution in [0.25, 0.3) is 11.4 Å². The van der Waals surface area contributed by atoms with Crippen LogP contribution in [0.4, 0.5) is 0 Å². The van der Waals surface area contributed by atoms with E-state index in [1.807, 2.05) is 38.1 Å². The van der Waals surface area contributed by atoms with Crippen LogP contribution in [0.5, 0.6) is 5.75 Å². The van der Waals surface area contributed by atoms with Crippen molar-refractivity contribution in [2.24, 2.45) is 0 Å². The summed E-state index contributed by atoms with van der Waals surface area (Å²) in [4.78, 5) is 8.83. The number of benzene rings is 1. The summed E-state index contributed by atoms with van der Waals surface area (Å²) in [6, 6.07) is 7.67. The van der Waals surface area contributed by atoms with Crippen LogP contribution in [0, 0.1) is 6.92 Å². The molecule has 1 aromatic carbocycles. The first kappa shape index (κ1) is 12.8. The Kier molecular flexibility index (Phi) is 3.82. The second-order valence-corrected chi connectivity index (χ2v) is 4.73. The van der Waals surface area contributed by atoms with Gasteiger partial charge in [0.25, 0.3) is 0 Å². The Morgan fingerprint density at radius 3 is 2.39 bits per heavy atom. The van der Waals surface area contributed by atoms with Crippen LogP contribution in [-0.4, -0.2) is 17.1 Å². The van der Waals surface area contributed by atoms with E-state index in [4.69, 9.17) is 16.3 Å². The number of methoxy groups -OCH3 is 1. The summed E-state index contributed by atoms with van der Waals surface area (Å²) < 4.78 is 5.12. The second kappa shape index (κ2) is 5.36. The summed E-state index contributed by atoms with van der Waals surface area (Å²) in [5, 5.41) is -0.0742. The van der Waals surface area contributed by atoms with Crippen LogP contribution in [0.2, 0.25) is 0 Å². The fraction of sp³-hybridized carbons (Fsp3) is 0.286. The molecule has 0 N–H and O–H groups in total. The summed E-state index contributed by atoms with van der Waals surface area (Å²) in [5.41, 5.74) is 2.85. The van der Waals surface area contributed by atoms with Gasteiger partial charge in [-0.1, -0.05) is 0 Å². The molecule has 0 aliphatic rings. The molecule has 0 aliphatic carbocycles. The number of halogens is 1. The zero-order chi connectivity index (χ0) is 13.1. The third kappa shape index (κ3) is 2.62. The monoisotopic (exact) mass is 262 g/mol. The molecule has 0 bridgehead atoms. The molecule has 4 heteroatoms. The van der Waals surface area contributed by atoms with Crippen molar-refractivity contribution in [3.05, 3.63) is 41.7 Å². The highest BCUT2D eigenvalue weighted by Crippen LogP contribution is 2.24. The molecular weight excluding hydrogens is 248 g/mol. The molecule has 0 fully saturated rings. The summed E-state index contributed by atoms with van der Waals surface area (Å²) in [6.45, 7) is 3.86. The zero-order valence-electron chi connectivity index (χ0n) is 10.6. The molecule has 2 aromatic rings. The minimum atomic E-state index is -0.0742. The minimum Gasteiger partial charge on any atom is -0.497 e. The Labute approximate surface area is 112 Å². The Bertz CT molecular complexity index is 538. The van der Waals surface area contributed by atoms with E-state index in [-0.39, 0.29) is 5.38 Å². The average molecular weight is 263 g/mol. The third-order valence-electron chi connectivity index (χ3n) is 2.79. The topological polar surface area (TPSA) is 35.0 Å². The third-order valence-corrected chi connectivity index (χ3v) is 3.03. The molecule has 0 saturated heterocycles. The summed E-state index contributed by atoms with van der Waals surface area (Å²) in [7, 11) is 1.65. The van der Waals surface area contributed by atoms with E-state index in [9.17, 15) is 0 Å². The molecule has 0 radical (unpaired) electrons. The van der Waals surface area contributed by atoms with Gasteiger partial charge in [-0.3, -0.25) is 0 Å². The van der Waals surface area contributed by atoms with Gasteiger partial charge in [-0.25, -0.2) is 9.97 Å². The molecule has 3 nitrogen and oxygen atoms in total. The van der Waals surface area contributed by atoms with Crippen LogP contribution in [0.3, 0.4) is 0 Å². The predicted molar refractivity (Wildman–Crippen MR) is 73.0 cm³/mol. The number of hydrogen-bond acceptors (Lipinski definition) is 3. The molecule has 1 heterocycles. The number of nitrogens with zero attached hydrogens (tertiary/aromatic N) is 2. The fourth-order valence-corrected chi connectivity index (χ4v) is 1.96. The summed E-state index contributed by atoms with van der Waals surface area (Å²) in [5.74, 6) is 1.53. The van der Waals surface area contributed by atoms with Gasteiger partial charge >= 0.3 is 0 Å². The molecule has 2 rings (SSSR count). The molecular formula is C14H15ClN2O. The molecule has 0 saturated carbocycles. The van der Waals surface area contributed by atoms with Gasteiger partial charge in [0.2, 0.25) is 0 Å². The molecule has 1 atom stereocenters. The predicted octanol–water partition coefficient (Wildman–Crippen LogP) is 3.76. The smallest absolute Gasteiger partial charge is 0.159 e.